The van der Waals surface area contributed by atoms with Crippen molar-refractivity contribution in [2.24, 2.45) is 0 Å². The summed E-state index contributed by atoms with van der Waals surface area (Å²) in [6.07, 6.45) is 3.04. The molecule has 19 heavy (non-hydrogen) atoms. The zero-order valence-corrected chi connectivity index (χ0v) is 12.1. The molecule has 0 saturated heterocycles. The highest BCUT2D eigenvalue weighted by molar-refractivity contribution is 5.55. The van der Waals surface area contributed by atoms with Crippen molar-refractivity contribution >= 4 is 11.8 Å². The van der Waals surface area contributed by atoms with Crippen molar-refractivity contribution in [3.8, 4) is 0 Å². The summed E-state index contributed by atoms with van der Waals surface area (Å²) in [4.78, 5) is 10.2. The highest BCUT2D eigenvalue weighted by Gasteiger charge is 2.09. The summed E-state index contributed by atoms with van der Waals surface area (Å²) < 4.78 is 0. The first-order valence-electron chi connectivity index (χ1n) is 6.51. The van der Waals surface area contributed by atoms with Crippen LogP contribution in [0.1, 0.15) is 39.7 Å². The third kappa shape index (κ3) is 5.66. The molecule has 4 heteroatoms. The van der Waals surface area contributed by atoms with Gasteiger partial charge >= 0.3 is 0 Å². The maximum Gasteiger partial charge on any atom is 0.269 e. The van der Waals surface area contributed by atoms with Crippen LogP contribution in [0.4, 0.5) is 5.69 Å². The Kier molecular flexibility index (Phi) is 5.24. The van der Waals surface area contributed by atoms with Crippen molar-refractivity contribution in [2.75, 3.05) is 6.54 Å². The van der Waals surface area contributed by atoms with Gasteiger partial charge < -0.3 is 5.32 Å². The summed E-state index contributed by atoms with van der Waals surface area (Å²) in [5.74, 6) is 0. The number of non-ortho nitro benzene ring substituents is 1. The maximum atomic E-state index is 10.6. The number of rotatable bonds is 5. The molecule has 0 heterocycles. The monoisotopic (exact) mass is 262 g/mol. The molecule has 1 N–H and O–H groups in total. The molecule has 0 aliphatic carbocycles. The lowest BCUT2D eigenvalue weighted by molar-refractivity contribution is -0.384. The van der Waals surface area contributed by atoms with Gasteiger partial charge in [-0.15, -0.1) is 0 Å². The van der Waals surface area contributed by atoms with Crippen LogP contribution >= 0.6 is 0 Å². The SMILES string of the molecule is CCC(=Cc1ccc([N+](=O)[O-])cc1)CNC(C)(C)C. The Morgan fingerprint density at radius 1 is 1.32 bits per heavy atom. The van der Waals surface area contributed by atoms with Crippen LogP contribution in [0.15, 0.2) is 29.8 Å². The summed E-state index contributed by atoms with van der Waals surface area (Å²) >= 11 is 0. The van der Waals surface area contributed by atoms with Crippen LogP contribution in [-0.4, -0.2) is 17.0 Å². The highest BCUT2D eigenvalue weighted by atomic mass is 16.6. The zero-order chi connectivity index (χ0) is 14.5. The largest absolute Gasteiger partial charge is 0.308 e. The van der Waals surface area contributed by atoms with Crippen LogP contribution in [0.5, 0.6) is 0 Å². The topological polar surface area (TPSA) is 55.2 Å². The fraction of sp³-hybridized carbons (Fsp3) is 0.467. The van der Waals surface area contributed by atoms with Gasteiger partial charge in [0.05, 0.1) is 4.92 Å². The molecule has 0 fully saturated rings. The molecule has 0 atom stereocenters. The van der Waals surface area contributed by atoms with E-state index < -0.39 is 0 Å². The number of nitrogens with one attached hydrogen (secondary N) is 1. The summed E-state index contributed by atoms with van der Waals surface area (Å²) in [6.45, 7) is 9.34. The Morgan fingerprint density at radius 2 is 1.89 bits per heavy atom. The van der Waals surface area contributed by atoms with Crippen LogP contribution in [0.2, 0.25) is 0 Å². The van der Waals surface area contributed by atoms with E-state index in [9.17, 15) is 10.1 Å². The molecule has 0 radical (unpaired) electrons. The summed E-state index contributed by atoms with van der Waals surface area (Å²) in [5.41, 5.74) is 2.49. The molecule has 1 rings (SSSR count). The normalized spacial score (nSPS) is 12.5. The molecule has 0 aliphatic heterocycles. The molecular weight excluding hydrogens is 240 g/mol. The fourth-order valence-corrected chi connectivity index (χ4v) is 1.58. The quantitative estimate of drug-likeness (QED) is 0.649. The van der Waals surface area contributed by atoms with E-state index in [2.05, 4.69) is 39.1 Å². The van der Waals surface area contributed by atoms with Gasteiger partial charge in [0.15, 0.2) is 0 Å². The molecule has 104 valence electrons. The van der Waals surface area contributed by atoms with Gasteiger partial charge in [0, 0.05) is 24.2 Å². The van der Waals surface area contributed by atoms with Crippen molar-refractivity contribution in [1.29, 1.82) is 0 Å². The van der Waals surface area contributed by atoms with E-state index in [4.69, 9.17) is 0 Å². The van der Waals surface area contributed by atoms with Gasteiger partial charge in [-0.2, -0.15) is 0 Å². The standard InChI is InChI=1S/C15H22N2O2/c1-5-12(11-16-15(2,3)4)10-13-6-8-14(9-7-13)17(18)19/h6-10,16H,5,11H2,1-4H3. The second-order valence-corrected chi connectivity index (χ2v) is 5.61. The van der Waals surface area contributed by atoms with Gasteiger partial charge in [0.1, 0.15) is 0 Å². The van der Waals surface area contributed by atoms with E-state index in [0.29, 0.717) is 0 Å². The average Bonchev–Trinajstić information content (AvgIpc) is 2.34. The van der Waals surface area contributed by atoms with Crippen molar-refractivity contribution in [2.45, 2.75) is 39.7 Å². The highest BCUT2D eigenvalue weighted by Crippen LogP contribution is 2.15. The predicted octanol–water partition coefficient (Wildman–Crippen LogP) is 3.78. The maximum absolute atomic E-state index is 10.6. The Balaban J connectivity index is 2.77. The molecular formula is C15H22N2O2. The van der Waals surface area contributed by atoms with Crippen molar-refractivity contribution in [1.82, 2.24) is 5.32 Å². The smallest absolute Gasteiger partial charge is 0.269 e. The lowest BCUT2D eigenvalue weighted by Gasteiger charge is -2.21. The lowest BCUT2D eigenvalue weighted by Crippen LogP contribution is -2.36. The van der Waals surface area contributed by atoms with Gasteiger partial charge in [-0.25, -0.2) is 0 Å². The second-order valence-electron chi connectivity index (χ2n) is 5.61. The van der Waals surface area contributed by atoms with E-state index >= 15 is 0 Å². The summed E-state index contributed by atoms with van der Waals surface area (Å²) in [7, 11) is 0. The molecule has 0 aliphatic rings. The fourth-order valence-electron chi connectivity index (χ4n) is 1.58. The van der Waals surface area contributed by atoms with Crippen LogP contribution in [0.3, 0.4) is 0 Å². The first kappa shape index (κ1) is 15.4. The Morgan fingerprint density at radius 3 is 2.32 bits per heavy atom. The second kappa shape index (κ2) is 6.48. The minimum absolute atomic E-state index is 0.0870. The van der Waals surface area contributed by atoms with Crippen LogP contribution in [0.25, 0.3) is 6.08 Å². The van der Waals surface area contributed by atoms with Crippen LogP contribution < -0.4 is 5.32 Å². The Hall–Kier alpha value is -1.68. The van der Waals surface area contributed by atoms with Gasteiger partial charge in [-0.05, 0) is 44.9 Å². The molecule has 0 spiro atoms. The lowest BCUT2D eigenvalue weighted by atomic mass is 10.1. The first-order valence-corrected chi connectivity index (χ1v) is 6.51. The summed E-state index contributed by atoms with van der Waals surface area (Å²) in [6, 6.07) is 6.64. The van der Waals surface area contributed by atoms with Crippen LogP contribution in [0, 0.1) is 10.1 Å². The molecule has 0 bridgehead atoms. The van der Waals surface area contributed by atoms with E-state index in [1.165, 1.54) is 17.7 Å². The number of hydrogen-bond acceptors (Lipinski definition) is 3. The third-order valence-electron chi connectivity index (χ3n) is 2.77. The molecule has 0 unspecified atom stereocenters. The van der Waals surface area contributed by atoms with Gasteiger partial charge in [0.25, 0.3) is 5.69 Å². The van der Waals surface area contributed by atoms with Gasteiger partial charge in [0.2, 0.25) is 0 Å². The number of nitro groups is 1. The molecule has 4 nitrogen and oxygen atoms in total. The van der Waals surface area contributed by atoms with E-state index in [-0.39, 0.29) is 16.1 Å². The minimum atomic E-state index is -0.380. The first-order chi connectivity index (χ1) is 8.81. The molecule has 0 saturated carbocycles. The average molecular weight is 262 g/mol. The predicted molar refractivity (Wildman–Crippen MR) is 79.1 cm³/mol. The molecule has 0 amide bonds. The molecule has 1 aromatic carbocycles. The van der Waals surface area contributed by atoms with Gasteiger partial charge in [-0.3, -0.25) is 10.1 Å². The van der Waals surface area contributed by atoms with Crippen molar-refractivity contribution < 1.29 is 4.92 Å². The zero-order valence-electron chi connectivity index (χ0n) is 12.1. The number of benzene rings is 1. The Bertz CT molecular complexity index is 456. The number of hydrogen-bond donors (Lipinski definition) is 1. The Labute approximate surface area is 114 Å². The van der Waals surface area contributed by atoms with Crippen LogP contribution in [-0.2, 0) is 0 Å². The number of nitro benzene ring substituents is 1. The minimum Gasteiger partial charge on any atom is -0.308 e. The van der Waals surface area contributed by atoms with Gasteiger partial charge in [-0.1, -0.05) is 18.6 Å². The third-order valence-corrected chi connectivity index (χ3v) is 2.77. The summed E-state index contributed by atoms with van der Waals surface area (Å²) in [5, 5.41) is 14.0. The van der Waals surface area contributed by atoms with Crippen molar-refractivity contribution in [3.05, 3.63) is 45.5 Å². The van der Waals surface area contributed by atoms with E-state index in [1.807, 2.05) is 0 Å². The molecule has 1 aromatic rings. The van der Waals surface area contributed by atoms with Crippen molar-refractivity contribution in [3.63, 3.8) is 0 Å². The molecule has 0 aromatic heterocycles. The number of nitrogens with zero attached hydrogens (tertiary/aromatic N) is 1. The van der Waals surface area contributed by atoms with E-state index in [0.717, 1.165) is 18.5 Å². The van der Waals surface area contributed by atoms with E-state index in [1.54, 1.807) is 12.1 Å².